The van der Waals surface area contributed by atoms with Crippen LogP contribution in [-0.4, -0.2) is 56.6 Å². The first kappa shape index (κ1) is 20.1. The predicted molar refractivity (Wildman–Crippen MR) is 111 cm³/mol. The number of carbonyl (C=O) groups excluding carboxylic acids is 1. The quantitative estimate of drug-likeness (QED) is 0.770. The molecule has 1 amide bonds. The lowest BCUT2D eigenvalue weighted by molar-refractivity contribution is 0.0623. The molecule has 1 aliphatic heterocycles. The summed E-state index contributed by atoms with van der Waals surface area (Å²) in [4.78, 5) is 21.9. The Hall–Kier alpha value is -2.15. The maximum Gasteiger partial charge on any atom is 0.255 e. The summed E-state index contributed by atoms with van der Waals surface area (Å²) in [6.07, 6.45) is 7.17. The van der Waals surface area contributed by atoms with Gasteiger partial charge in [0.1, 0.15) is 0 Å². The van der Waals surface area contributed by atoms with E-state index in [-0.39, 0.29) is 5.91 Å². The molecule has 1 saturated carbocycles. The standard InChI is InChI=1S/C22H33N5O2/c1-4-21-23-20(24-29-21)15-25-10-12-26(13-11-25)22(28)19-14-16(2)27(17(19)3)18-8-6-5-7-9-18/h14,18H,4-13,15H2,1-3H3. The number of hydrogen-bond acceptors (Lipinski definition) is 5. The number of hydrogen-bond donors (Lipinski definition) is 0. The number of carbonyl (C=O) groups is 1. The van der Waals surface area contributed by atoms with Crippen LogP contribution in [-0.2, 0) is 13.0 Å². The highest BCUT2D eigenvalue weighted by molar-refractivity contribution is 5.95. The number of rotatable bonds is 5. The summed E-state index contributed by atoms with van der Waals surface area (Å²) in [6, 6.07) is 2.66. The van der Waals surface area contributed by atoms with Gasteiger partial charge in [0, 0.05) is 50.0 Å². The first-order valence-corrected chi connectivity index (χ1v) is 11.1. The summed E-state index contributed by atoms with van der Waals surface area (Å²) in [6.45, 7) is 10.1. The molecule has 1 saturated heterocycles. The molecule has 0 unspecified atom stereocenters. The van der Waals surface area contributed by atoms with Gasteiger partial charge in [0.05, 0.1) is 12.1 Å². The van der Waals surface area contributed by atoms with Gasteiger partial charge in [-0.1, -0.05) is 31.3 Å². The Balaban J connectivity index is 1.38. The smallest absolute Gasteiger partial charge is 0.255 e. The summed E-state index contributed by atoms with van der Waals surface area (Å²) in [5.74, 6) is 1.59. The van der Waals surface area contributed by atoms with Crippen molar-refractivity contribution in [3.05, 3.63) is 34.7 Å². The van der Waals surface area contributed by atoms with Gasteiger partial charge in [-0.25, -0.2) is 0 Å². The maximum absolute atomic E-state index is 13.2. The van der Waals surface area contributed by atoms with E-state index in [1.54, 1.807) is 0 Å². The summed E-state index contributed by atoms with van der Waals surface area (Å²) in [5.41, 5.74) is 3.24. The lowest BCUT2D eigenvalue weighted by Crippen LogP contribution is -2.48. The molecule has 29 heavy (non-hydrogen) atoms. The number of piperazine rings is 1. The zero-order chi connectivity index (χ0) is 20.4. The Morgan fingerprint density at radius 3 is 2.52 bits per heavy atom. The van der Waals surface area contributed by atoms with E-state index >= 15 is 0 Å². The monoisotopic (exact) mass is 399 g/mol. The third-order valence-corrected chi connectivity index (χ3v) is 6.49. The molecule has 0 atom stereocenters. The van der Waals surface area contributed by atoms with Crippen molar-refractivity contribution < 1.29 is 9.32 Å². The summed E-state index contributed by atoms with van der Waals surface area (Å²) < 4.78 is 7.62. The van der Waals surface area contributed by atoms with Gasteiger partial charge in [0.15, 0.2) is 5.82 Å². The molecule has 3 heterocycles. The molecule has 1 aliphatic carbocycles. The highest BCUT2D eigenvalue weighted by atomic mass is 16.5. The molecule has 0 N–H and O–H groups in total. The van der Waals surface area contributed by atoms with Gasteiger partial charge >= 0.3 is 0 Å². The Labute approximate surface area is 173 Å². The first-order chi connectivity index (χ1) is 14.1. The van der Waals surface area contributed by atoms with Crippen LogP contribution >= 0.6 is 0 Å². The SMILES string of the molecule is CCc1nc(CN2CCN(C(=O)c3cc(C)n(C4CCCCC4)c3C)CC2)no1. The molecule has 158 valence electrons. The van der Waals surface area contributed by atoms with Gasteiger partial charge < -0.3 is 14.0 Å². The molecular weight excluding hydrogens is 366 g/mol. The van der Waals surface area contributed by atoms with E-state index in [9.17, 15) is 4.79 Å². The Kier molecular flexibility index (Phi) is 6.04. The van der Waals surface area contributed by atoms with Gasteiger partial charge in [0.25, 0.3) is 5.91 Å². The van der Waals surface area contributed by atoms with Gasteiger partial charge in [0.2, 0.25) is 5.89 Å². The van der Waals surface area contributed by atoms with Crippen molar-refractivity contribution in [2.75, 3.05) is 26.2 Å². The lowest BCUT2D eigenvalue weighted by atomic mass is 9.95. The topological polar surface area (TPSA) is 67.4 Å². The van der Waals surface area contributed by atoms with E-state index in [0.29, 0.717) is 18.5 Å². The largest absolute Gasteiger partial charge is 0.345 e. The van der Waals surface area contributed by atoms with Crippen LogP contribution in [0.2, 0.25) is 0 Å². The van der Waals surface area contributed by atoms with Crippen LogP contribution in [0.5, 0.6) is 0 Å². The molecule has 0 spiro atoms. The number of amides is 1. The Morgan fingerprint density at radius 2 is 1.86 bits per heavy atom. The van der Waals surface area contributed by atoms with Crippen LogP contribution < -0.4 is 0 Å². The predicted octanol–water partition coefficient (Wildman–Crippen LogP) is 3.51. The van der Waals surface area contributed by atoms with E-state index in [1.165, 1.54) is 37.8 Å². The highest BCUT2D eigenvalue weighted by Crippen LogP contribution is 2.32. The highest BCUT2D eigenvalue weighted by Gasteiger charge is 2.27. The normalized spacial score (nSPS) is 19.1. The summed E-state index contributed by atoms with van der Waals surface area (Å²) in [5, 5.41) is 4.04. The molecule has 7 nitrogen and oxygen atoms in total. The second kappa shape index (κ2) is 8.69. The third kappa shape index (κ3) is 4.25. The average molecular weight is 400 g/mol. The van der Waals surface area contributed by atoms with E-state index in [4.69, 9.17) is 4.52 Å². The molecule has 0 bridgehead atoms. The molecule has 2 fully saturated rings. The molecule has 4 rings (SSSR count). The first-order valence-electron chi connectivity index (χ1n) is 11.1. The van der Waals surface area contributed by atoms with E-state index in [1.807, 2.05) is 11.8 Å². The zero-order valence-electron chi connectivity index (χ0n) is 18.0. The number of nitrogens with zero attached hydrogens (tertiary/aromatic N) is 5. The molecule has 0 aromatic carbocycles. The molecule has 7 heteroatoms. The van der Waals surface area contributed by atoms with Gasteiger partial charge in [-0.3, -0.25) is 9.69 Å². The number of aromatic nitrogens is 3. The molecule has 0 radical (unpaired) electrons. The fourth-order valence-electron chi connectivity index (χ4n) is 4.87. The maximum atomic E-state index is 13.2. The van der Waals surface area contributed by atoms with Crippen molar-refractivity contribution in [2.24, 2.45) is 0 Å². The van der Waals surface area contributed by atoms with Crippen LogP contribution in [0.1, 0.15) is 78.5 Å². The van der Waals surface area contributed by atoms with Gasteiger partial charge in [-0.15, -0.1) is 0 Å². The summed E-state index contributed by atoms with van der Waals surface area (Å²) >= 11 is 0. The number of aryl methyl sites for hydroxylation is 2. The van der Waals surface area contributed by atoms with E-state index in [2.05, 4.69) is 39.5 Å². The second-order valence-electron chi connectivity index (χ2n) is 8.47. The fraction of sp³-hybridized carbons (Fsp3) is 0.682. The molecule has 2 aliphatic rings. The Bertz CT molecular complexity index is 842. The molecular formula is C22H33N5O2. The van der Waals surface area contributed by atoms with E-state index in [0.717, 1.165) is 49.7 Å². The fourth-order valence-corrected chi connectivity index (χ4v) is 4.87. The van der Waals surface area contributed by atoms with Gasteiger partial charge in [-0.05, 0) is 32.8 Å². The van der Waals surface area contributed by atoms with Crippen LogP contribution in [0.3, 0.4) is 0 Å². The van der Waals surface area contributed by atoms with Crippen molar-refractivity contribution in [1.29, 1.82) is 0 Å². The van der Waals surface area contributed by atoms with Crippen LogP contribution in [0.25, 0.3) is 0 Å². The van der Waals surface area contributed by atoms with E-state index < -0.39 is 0 Å². The minimum Gasteiger partial charge on any atom is -0.345 e. The third-order valence-electron chi connectivity index (χ3n) is 6.49. The van der Waals surface area contributed by atoms with Crippen molar-refractivity contribution >= 4 is 5.91 Å². The van der Waals surface area contributed by atoms with Gasteiger partial charge in [-0.2, -0.15) is 4.98 Å². The molecule has 2 aromatic rings. The van der Waals surface area contributed by atoms with Crippen LogP contribution in [0, 0.1) is 13.8 Å². The average Bonchev–Trinajstić information content (AvgIpc) is 3.32. The van der Waals surface area contributed by atoms with Crippen molar-refractivity contribution in [2.45, 2.75) is 71.9 Å². The summed E-state index contributed by atoms with van der Waals surface area (Å²) in [7, 11) is 0. The van der Waals surface area contributed by atoms with Crippen molar-refractivity contribution in [3.8, 4) is 0 Å². The van der Waals surface area contributed by atoms with Crippen LogP contribution in [0.4, 0.5) is 0 Å². The zero-order valence-corrected chi connectivity index (χ0v) is 18.0. The lowest BCUT2D eigenvalue weighted by Gasteiger charge is -2.34. The minimum atomic E-state index is 0.174. The van der Waals surface area contributed by atoms with Crippen molar-refractivity contribution in [1.82, 2.24) is 24.5 Å². The minimum absolute atomic E-state index is 0.174. The van der Waals surface area contributed by atoms with Crippen molar-refractivity contribution in [3.63, 3.8) is 0 Å². The molecule has 2 aromatic heterocycles. The second-order valence-corrected chi connectivity index (χ2v) is 8.47. The van der Waals surface area contributed by atoms with Crippen LogP contribution in [0.15, 0.2) is 10.6 Å². The Morgan fingerprint density at radius 1 is 1.14 bits per heavy atom.